The van der Waals surface area contributed by atoms with Crippen molar-refractivity contribution in [1.29, 1.82) is 0 Å². The quantitative estimate of drug-likeness (QED) is 0.787. The number of halogens is 1. The smallest absolute Gasteiger partial charge is 0.216 e. The summed E-state index contributed by atoms with van der Waals surface area (Å²) in [5.74, 6) is 1.51. The van der Waals surface area contributed by atoms with Gasteiger partial charge in [0.05, 0.1) is 6.61 Å². The first kappa shape index (κ1) is 16.1. The predicted molar refractivity (Wildman–Crippen MR) is 84.8 cm³/mol. The highest BCUT2D eigenvalue weighted by Gasteiger charge is 2.21. The lowest BCUT2D eigenvalue weighted by Gasteiger charge is -2.16. The molecule has 1 amide bonds. The van der Waals surface area contributed by atoms with Crippen LogP contribution in [-0.4, -0.2) is 43.6 Å². The number of hydrogen-bond donors (Lipinski definition) is 1. The third kappa shape index (κ3) is 5.94. The summed E-state index contributed by atoms with van der Waals surface area (Å²) in [6.45, 7) is 6.32. The van der Waals surface area contributed by atoms with Crippen molar-refractivity contribution in [2.24, 2.45) is 5.92 Å². The second-order valence-electron chi connectivity index (χ2n) is 5.55. The third-order valence-electron chi connectivity index (χ3n) is 3.71. The Labute approximate surface area is 131 Å². The zero-order valence-corrected chi connectivity index (χ0v) is 13.2. The summed E-state index contributed by atoms with van der Waals surface area (Å²) in [4.78, 5) is 13.3. The van der Waals surface area contributed by atoms with Crippen LogP contribution in [0.2, 0.25) is 5.02 Å². The Morgan fingerprint density at radius 1 is 1.43 bits per heavy atom. The predicted octanol–water partition coefficient (Wildman–Crippen LogP) is 2.57. The number of likely N-dealkylation sites (tertiary alicyclic amines) is 1. The Balaban J connectivity index is 1.57. The van der Waals surface area contributed by atoms with Crippen molar-refractivity contribution in [3.05, 3.63) is 29.3 Å². The minimum atomic E-state index is 0.0600. The highest BCUT2D eigenvalue weighted by atomic mass is 35.5. The number of carbonyl (C=O) groups excluding carboxylic acids is 1. The van der Waals surface area contributed by atoms with E-state index in [0.29, 0.717) is 12.5 Å². The molecule has 5 heteroatoms. The van der Waals surface area contributed by atoms with Gasteiger partial charge in [-0.3, -0.25) is 4.79 Å². The van der Waals surface area contributed by atoms with Crippen LogP contribution in [0.3, 0.4) is 0 Å². The van der Waals surface area contributed by atoms with E-state index in [2.05, 4.69) is 10.2 Å². The number of carbonyl (C=O) groups is 1. The molecule has 1 aliphatic rings. The number of nitrogens with one attached hydrogen (secondary N) is 1. The first-order valence-electron chi connectivity index (χ1n) is 7.48. The van der Waals surface area contributed by atoms with Gasteiger partial charge < -0.3 is 15.0 Å². The lowest BCUT2D eigenvalue weighted by molar-refractivity contribution is -0.119. The number of rotatable bonds is 7. The van der Waals surface area contributed by atoms with Crippen molar-refractivity contribution in [3.63, 3.8) is 0 Å². The van der Waals surface area contributed by atoms with E-state index in [1.165, 1.54) is 6.42 Å². The van der Waals surface area contributed by atoms with E-state index in [1.807, 2.05) is 24.3 Å². The van der Waals surface area contributed by atoms with Gasteiger partial charge in [-0.1, -0.05) is 11.6 Å². The van der Waals surface area contributed by atoms with Crippen molar-refractivity contribution in [1.82, 2.24) is 10.2 Å². The molecule has 1 aromatic rings. The molecule has 1 aromatic carbocycles. The summed E-state index contributed by atoms with van der Waals surface area (Å²) < 4.78 is 5.68. The molecular weight excluding hydrogens is 288 g/mol. The maximum Gasteiger partial charge on any atom is 0.216 e. The molecule has 1 heterocycles. The summed E-state index contributed by atoms with van der Waals surface area (Å²) in [5.41, 5.74) is 0. The van der Waals surface area contributed by atoms with Crippen LogP contribution in [0.5, 0.6) is 5.75 Å². The van der Waals surface area contributed by atoms with E-state index >= 15 is 0 Å². The third-order valence-corrected chi connectivity index (χ3v) is 3.96. The number of nitrogens with zero attached hydrogens (tertiary/aromatic N) is 1. The Kier molecular flexibility index (Phi) is 6.33. The lowest BCUT2D eigenvalue weighted by atomic mass is 10.1. The molecular formula is C16H23ClN2O2. The van der Waals surface area contributed by atoms with Crippen LogP contribution in [0.4, 0.5) is 0 Å². The van der Waals surface area contributed by atoms with Gasteiger partial charge >= 0.3 is 0 Å². The Morgan fingerprint density at radius 2 is 2.19 bits per heavy atom. The molecule has 0 aliphatic carbocycles. The maximum absolute atomic E-state index is 10.9. The van der Waals surface area contributed by atoms with Gasteiger partial charge in [0.2, 0.25) is 5.91 Å². The fraction of sp³-hybridized carbons (Fsp3) is 0.562. The van der Waals surface area contributed by atoms with E-state index in [1.54, 1.807) is 6.92 Å². The minimum Gasteiger partial charge on any atom is -0.494 e. The van der Waals surface area contributed by atoms with E-state index in [-0.39, 0.29) is 5.91 Å². The van der Waals surface area contributed by atoms with Crippen molar-refractivity contribution in [2.75, 3.05) is 32.8 Å². The number of benzene rings is 1. The summed E-state index contributed by atoms with van der Waals surface area (Å²) >= 11 is 5.83. The SMILES string of the molecule is CC(=O)NCC1CCN(CCCOc2ccc(Cl)cc2)C1. The molecule has 1 fully saturated rings. The molecule has 1 saturated heterocycles. The van der Waals surface area contributed by atoms with Crippen LogP contribution in [0.15, 0.2) is 24.3 Å². The van der Waals surface area contributed by atoms with Gasteiger partial charge in [0.15, 0.2) is 0 Å². The largest absolute Gasteiger partial charge is 0.494 e. The van der Waals surface area contributed by atoms with Gasteiger partial charge in [0.1, 0.15) is 5.75 Å². The van der Waals surface area contributed by atoms with E-state index in [9.17, 15) is 4.79 Å². The Hall–Kier alpha value is -1.26. The molecule has 4 nitrogen and oxygen atoms in total. The average Bonchev–Trinajstić information content (AvgIpc) is 2.91. The van der Waals surface area contributed by atoms with Crippen LogP contribution in [-0.2, 0) is 4.79 Å². The van der Waals surface area contributed by atoms with Crippen LogP contribution < -0.4 is 10.1 Å². The topological polar surface area (TPSA) is 41.6 Å². The lowest BCUT2D eigenvalue weighted by Crippen LogP contribution is -2.29. The highest BCUT2D eigenvalue weighted by Crippen LogP contribution is 2.17. The Morgan fingerprint density at radius 3 is 2.90 bits per heavy atom. The molecule has 0 saturated carbocycles. The van der Waals surface area contributed by atoms with Crippen molar-refractivity contribution < 1.29 is 9.53 Å². The first-order chi connectivity index (χ1) is 10.1. The van der Waals surface area contributed by atoms with E-state index in [4.69, 9.17) is 16.3 Å². The molecule has 1 aliphatic heterocycles. The maximum atomic E-state index is 10.9. The molecule has 2 rings (SSSR count). The standard InChI is InChI=1S/C16H23ClN2O2/c1-13(20)18-11-14-7-9-19(12-14)8-2-10-21-16-5-3-15(17)4-6-16/h3-6,14H,2,7-12H2,1H3,(H,18,20). The van der Waals surface area contributed by atoms with Gasteiger partial charge in [0.25, 0.3) is 0 Å². The van der Waals surface area contributed by atoms with Gasteiger partial charge in [-0.05, 0) is 49.6 Å². The van der Waals surface area contributed by atoms with Crippen molar-refractivity contribution in [3.8, 4) is 5.75 Å². The zero-order chi connectivity index (χ0) is 15.1. The van der Waals surface area contributed by atoms with Gasteiger partial charge in [0, 0.05) is 31.6 Å². The van der Waals surface area contributed by atoms with Gasteiger partial charge in [-0.15, -0.1) is 0 Å². The highest BCUT2D eigenvalue weighted by molar-refractivity contribution is 6.30. The zero-order valence-electron chi connectivity index (χ0n) is 12.5. The fourth-order valence-corrected chi connectivity index (χ4v) is 2.71. The summed E-state index contributed by atoms with van der Waals surface area (Å²) in [5, 5.41) is 3.63. The number of ether oxygens (including phenoxy) is 1. The molecule has 116 valence electrons. The van der Waals surface area contributed by atoms with E-state index in [0.717, 1.165) is 43.4 Å². The van der Waals surface area contributed by atoms with Crippen molar-refractivity contribution >= 4 is 17.5 Å². The van der Waals surface area contributed by atoms with Gasteiger partial charge in [-0.2, -0.15) is 0 Å². The Bertz CT molecular complexity index is 450. The minimum absolute atomic E-state index is 0.0600. The summed E-state index contributed by atoms with van der Waals surface area (Å²) in [6, 6.07) is 7.46. The van der Waals surface area contributed by atoms with Crippen LogP contribution in [0.25, 0.3) is 0 Å². The monoisotopic (exact) mass is 310 g/mol. The summed E-state index contributed by atoms with van der Waals surface area (Å²) in [6.07, 6.45) is 2.17. The van der Waals surface area contributed by atoms with Crippen LogP contribution >= 0.6 is 11.6 Å². The normalized spacial score (nSPS) is 18.7. The second-order valence-corrected chi connectivity index (χ2v) is 5.98. The average molecular weight is 311 g/mol. The first-order valence-corrected chi connectivity index (χ1v) is 7.86. The molecule has 1 unspecified atom stereocenters. The summed E-state index contributed by atoms with van der Waals surface area (Å²) in [7, 11) is 0. The van der Waals surface area contributed by atoms with E-state index < -0.39 is 0 Å². The number of hydrogen-bond acceptors (Lipinski definition) is 3. The molecule has 1 N–H and O–H groups in total. The molecule has 0 radical (unpaired) electrons. The molecule has 0 spiro atoms. The number of amides is 1. The van der Waals surface area contributed by atoms with Gasteiger partial charge in [-0.25, -0.2) is 0 Å². The molecule has 0 bridgehead atoms. The fourth-order valence-electron chi connectivity index (χ4n) is 2.58. The van der Waals surface area contributed by atoms with Crippen LogP contribution in [0.1, 0.15) is 19.8 Å². The molecule has 1 atom stereocenters. The second kappa shape index (κ2) is 8.25. The van der Waals surface area contributed by atoms with Crippen LogP contribution in [0, 0.1) is 5.92 Å². The molecule has 21 heavy (non-hydrogen) atoms. The molecule has 0 aromatic heterocycles. The van der Waals surface area contributed by atoms with Crippen molar-refractivity contribution in [2.45, 2.75) is 19.8 Å².